The number of halogens is 8. The fourth-order valence-electron chi connectivity index (χ4n) is 10.2. The van der Waals surface area contributed by atoms with Gasteiger partial charge in [-0.1, -0.05) is 29.5 Å². The number of sulfone groups is 1. The van der Waals surface area contributed by atoms with Crippen LogP contribution >= 0.6 is 11.6 Å². The quantitative estimate of drug-likeness (QED) is 0.0668. The van der Waals surface area contributed by atoms with Crippen molar-refractivity contribution in [3.8, 4) is 35.3 Å². The predicted molar refractivity (Wildman–Crippen MR) is 277 cm³/mol. The summed E-state index contributed by atoms with van der Waals surface area (Å²) < 4.78 is 134. The van der Waals surface area contributed by atoms with Crippen molar-refractivity contribution in [2.45, 2.75) is 113 Å². The molecule has 0 unspecified atom stereocenters. The Labute approximate surface area is 448 Å². The molecule has 9 rings (SSSR count). The number of rotatable bonds is 13. The van der Waals surface area contributed by atoms with E-state index in [1.165, 1.54) is 11.6 Å². The molecule has 0 amide bonds. The van der Waals surface area contributed by atoms with E-state index in [9.17, 15) is 40.0 Å². The van der Waals surface area contributed by atoms with E-state index in [1.54, 1.807) is 45.2 Å². The number of likely N-dealkylation sites (tertiary alicyclic amines) is 2. The maximum Gasteiger partial charge on any atom is 0.435 e. The van der Waals surface area contributed by atoms with Gasteiger partial charge in [0.25, 0.3) is 5.92 Å². The number of pyridine rings is 1. The summed E-state index contributed by atoms with van der Waals surface area (Å²) >= 11 is 6.68. The molecule has 3 N–H and O–H groups in total. The highest BCUT2D eigenvalue weighted by atomic mass is 35.5. The number of benzene rings is 2. The number of alkyl halides is 5. The van der Waals surface area contributed by atoms with Gasteiger partial charge in [0, 0.05) is 105 Å². The number of carbonyl (C=O) groups excluding carboxylic acids is 2. The summed E-state index contributed by atoms with van der Waals surface area (Å²) in [5.74, 6) is -1.87. The summed E-state index contributed by atoms with van der Waals surface area (Å²) in [6, 6.07) is 9.96. The molecule has 2 aliphatic carbocycles. The van der Waals surface area contributed by atoms with Gasteiger partial charge in [-0.05, 0) is 102 Å². The van der Waals surface area contributed by atoms with Crippen molar-refractivity contribution in [1.82, 2.24) is 39.7 Å². The molecule has 0 bridgehead atoms. The third kappa shape index (κ3) is 14.1. The largest absolute Gasteiger partial charge is 0.447 e. The number of fused-ring (bicyclic) bond motifs is 4. The van der Waals surface area contributed by atoms with E-state index in [0.717, 1.165) is 44.6 Å². The Bertz CT molecular complexity index is 3290. The van der Waals surface area contributed by atoms with Gasteiger partial charge in [-0.3, -0.25) is 24.3 Å². The Balaban J connectivity index is 0.000000498. The van der Waals surface area contributed by atoms with Gasteiger partial charge in [-0.15, -0.1) is 6.42 Å². The minimum absolute atomic E-state index is 0.100. The van der Waals surface area contributed by atoms with Crippen molar-refractivity contribution in [2.75, 3.05) is 46.5 Å². The Kier molecular flexibility index (Phi) is 16.9. The van der Waals surface area contributed by atoms with Crippen molar-refractivity contribution < 1.29 is 53.5 Å². The third-order valence-corrected chi connectivity index (χ3v) is 14.5. The molecule has 5 heterocycles. The molecule has 23 heteroatoms. The number of esters is 1. The van der Waals surface area contributed by atoms with E-state index in [1.807, 2.05) is 20.9 Å². The van der Waals surface area contributed by atoms with E-state index in [0.29, 0.717) is 38.8 Å². The molecule has 3 aromatic heterocycles. The zero-order valence-corrected chi connectivity index (χ0v) is 45.6. The number of hydrogen-bond donors (Lipinski definition) is 2. The second-order valence-electron chi connectivity index (χ2n) is 21.5. The molecule has 5 aromatic rings. The van der Waals surface area contributed by atoms with Gasteiger partial charge in [0.05, 0.1) is 33.2 Å². The molecule has 2 aromatic carbocycles. The van der Waals surface area contributed by atoms with Crippen molar-refractivity contribution in [1.29, 1.82) is 0 Å². The predicted octanol–water partition coefficient (Wildman–Crippen LogP) is 7.78. The van der Waals surface area contributed by atoms with Gasteiger partial charge >= 0.3 is 12.1 Å². The SMILES string of the molecule is C#CC(C)(C)OC(C)=O.CN1CC(N)C1.CN1CC(NC(C)(C)C#Cc2ccc(-c3ccc(Cl)c4c(CS(C)(=O)=O)nn(C)c34)c([C@@H](CC(=O)Cn3nc(C(F)(F)F)c4c3C(F)(F)[C@@H]3C[C@H]43)Cc3cc(F)cc(F)c3)n2)C1. The van der Waals surface area contributed by atoms with Crippen LogP contribution in [-0.2, 0) is 62.0 Å². The van der Waals surface area contributed by atoms with E-state index in [2.05, 4.69) is 50.1 Å². The monoisotopic (exact) mass is 1120 g/mol. The summed E-state index contributed by atoms with van der Waals surface area (Å²) in [6.45, 7) is 11.3. The van der Waals surface area contributed by atoms with Crippen molar-refractivity contribution >= 4 is 44.1 Å². The van der Waals surface area contributed by atoms with Crippen molar-refractivity contribution in [3.63, 3.8) is 0 Å². The summed E-state index contributed by atoms with van der Waals surface area (Å²) in [4.78, 5) is 33.8. The van der Waals surface area contributed by atoms with Crippen LogP contribution in [-0.4, -0.2) is 124 Å². The highest BCUT2D eigenvalue weighted by molar-refractivity contribution is 7.89. The Morgan fingerprint density at radius 1 is 0.974 bits per heavy atom. The molecule has 2 aliphatic heterocycles. The number of Topliss-reactive ketones (excluding diaryl/α,β-unsaturated/α-hetero) is 1. The van der Waals surface area contributed by atoms with Gasteiger partial charge in [0.1, 0.15) is 29.6 Å². The van der Waals surface area contributed by atoms with Crippen molar-refractivity contribution in [2.24, 2.45) is 18.7 Å². The molecule has 0 spiro atoms. The van der Waals surface area contributed by atoms with Crippen molar-refractivity contribution in [3.05, 3.63) is 98.7 Å². The van der Waals surface area contributed by atoms with Gasteiger partial charge in [-0.2, -0.15) is 32.1 Å². The zero-order chi connectivity index (χ0) is 56.9. The smallest absolute Gasteiger partial charge is 0.435 e. The highest BCUT2D eigenvalue weighted by Crippen LogP contribution is 2.68. The summed E-state index contributed by atoms with van der Waals surface area (Å²) in [7, 11) is 2.07. The number of likely N-dealkylation sites (N-methyl/N-ethyl adjacent to an activating group) is 2. The molecule has 2 saturated heterocycles. The number of terminal acetylenes is 1. The molecule has 14 nitrogen and oxygen atoms in total. The summed E-state index contributed by atoms with van der Waals surface area (Å²) in [5, 5.41) is 12.0. The van der Waals surface area contributed by atoms with Crippen LogP contribution in [0.5, 0.6) is 0 Å². The van der Waals surface area contributed by atoms with Gasteiger partial charge < -0.3 is 20.3 Å². The minimum atomic E-state index is -5.05. The number of nitrogens with zero attached hydrogens (tertiary/aromatic N) is 7. The topological polar surface area (TPSA) is 171 Å². The molecule has 1 saturated carbocycles. The first-order valence-corrected chi connectivity index (χ1v) is 27.1. The highest BCUT2D eigenvalue weighted by Gasteiger charge is 2.68. The normalized spacial score (nSPS) is 18.7. The Hall–Kier alpha value is -5.88. The van der Waals surface area contributed by atoms with Crippen LogP contribution in [0.25, 0.3) is 22.0 Å². The number of nitrogens with one attached hydrogen (secondary N) is 1. The lowest BCUT2D eigenvalue weighted by atomic mass is 9.86. The maximum atomic E-state index is 15.5. The average Bonchev–Trinajstić information content (AvgIpc) is 3.82. The van der Waals surface area contributed by atoms with Crippen LogP contribution < -0.4 is 11.1 Å². The number of ketones is 1. The number of aromatic nitrogens is 5. The molecule has 3 atom stereocenters. The first-order chi connectivity index (χ1) is 35.6. The number of hydrogen-bond acceptors (Lipinski definition) is 12. The molecule has 4 aliphatic rings. The molecule has 3 fully saturated rings. The number of nitrogens with two attached hydrogens (primary N) is 1. The van der Waals surface area contributed by atoms with Gasteiger partial charge in [-0.25, -0.2) is 22.2 Å². The van der Waals surface area contributed by atoms with E-state index in [4.69, 9.17) is 33.5 Å². The summed E-state index contributed by atoms with van der Waals surface area (Å²) in [6.07, 6.45) is 0.110. The van der Waals surface area contributed by atoms with Crippen LogP contribution in [0.4, 0.5) is 30.7 Å². The molecular formula is C54H61ClF7N9O5S. The van der Waals surface area contributed by atoms with Crippen LogP contribution in [0.1, 0.15) is 98.9 Å². The third-order valence-electron chi connectivity index (χ3n) is 13.4. The lowest BCUT2D eigenvalue weighted by Gasteiger charge is -2.40. The Morgan fingerprint density at radius 3 is 2.13 bits per heavy atom. The fraction of sp³-hybridized carbons (Fsp3) is 0.500. The lowest BCUT2D eigenvalue weighted by molar-refractivity contribution is -0.149. The minimum Gasteiger partial charge on any atom is -0.447 e. The van der Waals surface area contributed by atoms with Crippen LogP contribution in [0, 0.1) is 41.7 Å². The van der Waals surface area contributed by atoms with Gasteiger partial charge in [0.15, 0.2) is 26.9 Å². The van der Waals surface area contributed by atoms with Crippen LogP contribution in [0.15, 0.2) is 42.5 Å². The number of aryl methyl sites for hydroxylation is 1. The van der Waals surface area contributed by atoms with Crippen LogP contribution in [0.3, 0.4) is 0 Å². The second kappa shape index (κ2) is 22.1. The number of ether oxygens (including phenoxy) is 1. The fourth-order valence-corrected chi connectivity index (χ4v) is 11.1. The number of carbonyl (C=O) groups is 2. The Morgan fingerprint density at radius 2 is 1.60 bits per heavy atom. The standard InChI is InChI=1S/C43H41ClF7N7O3S.C7H10O2.C4H10N2/c1-41(2,53-27-18-56(3)19-27)11-10-26-6-7-29(30-8-9-33(44)36-34(21-62(5,60)61)54-57(4)38(30)36)37(52-26)23(12-22-13-24(45)16-25(46)14-22)15-28(59)20-58-40-35(39(55-58)43(49,50)51)31-17-32(31)42(40,47)48;1-5-7(3,4)9-6(2)8;1-6-2-4(5)3-6/h6-9,13-14,16,23,27,31-32,53H,12,15,17-21H2,1-5H3;1H,2-4H3;4H,2-3,5H2,1H3/t23-,31+,32-;;/m1../s1. The first-order valence-electron chi connectivity index (χ1n) is 24.6. The zero-order valence-electron chi connectivity index (χ0n) is 44.1. The summed E-state index contributed by atoms with van der Waals surface area (Å²) in [5.41, 5.74) is 2.86. The van der Waals surface area contributed by atoms with E-state index >= 15 is 8.78 Å². The average molecular weight is 1120 g/mol. The van der Waals surface area contributed by atoms with Crippen LogP contribution in [0.2, 0.25) is 5.02 Å². The molecule has 0 radical (unpaired) electrons. The molecule has 414 valence electrons. The lowest BCUT2D eigenvalue weighted by Crippen LogP contribution is -2.61. The molecule has 77 heavy (non-hydrogen) atoms. The molecular weight excluding hydrogens is 1060 g/mol. The van der Waals surface area contributed by atoms with E-state index < -0.39 is 104 Å². The van der Waals surface area contributed by atoms with E-state index in [-0.39, 0.29) is 52.5 Å². The van der Waals surface area contributed by atoms with Gasteiger partial charge in [0.2, 0.25) is 0 Å². The first kappa shape index (κ1) is 58.8. The second-order valence-corrected chi connectivity index (χ2v) is 24.1. The maximum absolute atomic E-state index is 15.5.